The van der Waals surface area contributed by atoms with E-state index in [4.69, 9.17) is 4.43 Å². The van der Waals surface area contributed by atoms with Crippen LogP contribution in [0.1, 0.15) is 48.5 Å². The lowest BCUT2D eigenvalue weighted by Gasteiger charge is -2.47. The molecule has 0 aliphatic rings. The minimum absolute atomic E-state index is 0.156. The zero-order chi connectivity index (χ0) is 18.0. The zero-order valence-electron chi connectivity index (χ0n) is 16.3. The highest BCUT2D eigenvalue weighted by Crippen LogP contribution is 2.40. The fourth-order valence-electron chi connectivity index (χ4n) is 3.34. The molecule has 0 saturated heterocycles. The summed E-state index contributed by atoms with van der Waals surface area (Å²) in [6.45, 7) is 15.9. The second-order valence-corrected chi connectivity index (χ2v) is 12.5. The van der Waals surface area contributed by atoms with Crippen molar-refractivity contribution in [2.24, 2.45) is 5.41 Å². The molecule has 2 heteroatoms. The van der Waals surface area contributed by atoms with E-state index in [1.165, 1.54) is 10.4 Å². The Labute approximate surface area is 149 Å². The minimum atomic E-state index is -2.42. The first-order valence-corrected chi connectivity index (χ1v) is 10.9. The summed E-state index contributed by atoms with van der Waals surface area (Å²) in [4.78, 5) is 0. The van der Waals surface area contributed by atoms with Gasteiger partial charge < -0.3 is 4.43 Å². The van der Waals surface area contributed by atoms with E-state index < -0.39 is 8.32 Å². The van der Waals surface area contributed by atoms with Gasteiger partial charge in [-0.25, -0.2) is 0 Å². The Morgan fingerprint density at radius 3 is 1.38 bits per heavy atom. The van der Waals surface area contributed by atoms with Crippen LogP contribution in [0.2, 0.25) is 5.54 Å². The van der Waals surface area contributed by atoms with Crippen LogP contribution in [-0.4, -0.2) is 13.9 Å². The molecule has 2 rings (SSSR count). The third kappa shape index (κ3) is 3.99. The van der Waals surface area contributed by atoms with Crippen molar-refractivity contribution >= 4 is 18.7 Å². The van der Waals surface area contributed by atoms with Crippen molar-refractivity contribution in [3.05, 3.63) is 60.7 Å². The van der Waals surface area contributed by atoms with Crippen molar-refractivity contribution in [1.82, 2.24) is 0 Å². The Bertz CT molecular complexity index is 596. The van der Waals surface area contributed by atoms with E-state index in [-0.39, 0.29) is 11.0 Å². The lowest BCUT2D eigenvalue weighted by Crippen LogP contribution is -2.67. The van der Waals surface area contributed by atoms with Crippen LogP contribution in [0.5, 0.6) is 0 Å². The number of hydrogen-bond acceptors (Lipinski definition) is 1. The van der Waals surface area contributed by atoms with E-state index in [0.717, 1.165) is 0 Å². The van der Waals surface area contributed by atoms with Crippen LogP contribution in [0.4, 0.5) is 0 Å². The second kappa shape index (κ2) is 6.85. The quantitative estimate of drug-likeness (QED) is 0.712. The Morgan fingerprint density at radius 1 is 0.708 bits per heavy atom. The molecule has 0 spiro atoms. The molecule has 1 nitrogen and oxygen atoms in total. The molecule has 0 aromatic heterocycles. The molecule has 2 aromatic rings. The van der Waals surface area contributed by atoms with Gasteiger partial charge in [-0.05, 0) is 42.1 Å². The lowest BCUT2D eigenvalue weighted by atomic mass is 9.93. The average molecular weight is 341 g/mol. The molecule has 0 bridgehead atoms. The molecule has 24 heavy (non-hydrogen) atoms. The SMILES string of the molecule is CC(C(C)(C)C)[Si](OC(C)(C)C)(c1ccccc1)c1ccccc1. The molecule has 0 saturated carbocycles. The first kappa shape index (κ1) is 18.9. The van der Waals surface area contributed by atoms with Gasteiger partial charge in [0, 0.05) is 5.60 Å². The first-order chi connectivity index (χ1) is 11.1. The van der Waals surface area contributed by atoms with Crippen LogP contribution in [0.25, 0.3) is 0 Å². The van der Waals surface area contributed by atoms with Crippen molar-refractivity contribution in [3.8, 4) is 0 Å². The fourth-order valence-corrected chi connectivity index (χ4v) is 8.64. The third-order valence-electron chi connectivity index (χ3n) is 4.78. The number of hydrogen-bond donors (Lipinski definition) is 0. The van der Waals surface area contributed by atoms with Crippen LogP contribution in [0.3, 0.4) is 0 Å². The van der Waals surface area contributed by atoms with Gasteiger partial charge in [0.15, 0.2) is 0 Å². The molecule has 2 aromatic carbocycles. The molecule has 0 radical (unpaired) electrons. The predicted octanol–water partition coefficient (Wildman–Crippen LogP) is 5.00. The Hall–Kier alpha value is -1.38. The highest BCUT2D eigenvalue weighted by molar-refractivity contribution is 6.98. The van der Waals surface area contributed by atoms with Crippen molar-refractivity contribution in [2.75, 3.05) is 0 Å². The lowest BCUT2D eigenvalue weighted by molar-refractivity contribution is 0.116. The largest absolute Gasteiger partial charge is 0.403 e. The number of rotatable bonds is 4. The third-order valence-corrected chi connectivity index (χ3v) is 10.2. The molecule has 0 aliphatic carbocycles. The van der Waals surface area contributed by atoms with E-state index in [9.17, 15) is 0 Å². The Balaban J connectivity index is 2.78. The van der Waals surface area contributed by atoms with Gasteiger partial charge in [0.25, 0.3) is 8.32 Å². The molecule has 1 unspecified atom stereocenters. The Morgan fingerprint density at radius 2 is 1.08 bits per heavy atom. The summed E-state index contributed by atoms with van der Waals surface area (Å²) in [6.07, 6.45) is 0. The molecule has 1 atom stereocenters. The monoisotopic (exact) mass is 340 g/mol. The second-order valence-electron chi connectivity index (χ2n) is 8.77. The van der Waals surface area contributed by atoms with Crippen molar-refractivity contribution < 1.29 is 4.43 Å². The molecule has 0 aliphatic heterocycles. The maximum atomic E-state index is 7.02. The van der Waals surface area contributed by atoms with Gasteiger partial charge >= 0.3 is 0 Å². The summed E-state index contributed by atoms with van der Waals surface area (Å²) in [7, 11) is -2.42. The molecule has 0 amide bonds. The van der Waals surface area contributed by atoms with E-state index in [1.807, 2.05) is 0 Å². The van der Waals surface area contributed by atoms with Crippen LogP contribution in [-0.2, 0) is 4.43 Å². The van der Waals surface area contributed by atoms with Crippen LogP contribution < -0.4 is 10.4 Å². The summed E-state index contributed by atoms with van der Waals surface area (Å²) in [5.41, 5.74) is 0.384. The summed E-state index contributed by atoms with van der Waals surface area (Å²) in [5.74, 6) is 0. The zero-order valence-corrected chi connectivity index (χ0v) is 17.3. The van der Waals surface area contributed by atoms with Crippen LogP contribution >= 0.6 is 0 Å². The smallest absolute Gasteiger partial charge is 0.259 e. The van der Waals surface area contributed by atoms with E-state index >= 15 is 0 Å². The Kier molecular flexibility index (Phi) is 5.41. The maximum absolute atomic E-state index is 7.02. The van der Waals surface area contributed by atoms with Crippen molar-refractivity contribution in [3.63, 3.8) is 0 Å². The molecular formula is C22H32OSi. The first-order valence-electron chi connectivity index (χ1n) is 8.88. The summed E-state index contributed by atoms with van der Waals surface area (Å²) >= 11 is 0. The molecular weight excluding hydrogens is 308 g/mol. The maximum Gasteiger partial charge on any atom is 0.259 e. The molecule has 130 valence electrons. The molecule has 0 heterocycles. The summed E-state index contributed by atoms with van der Waals surface area (Å²) < 4.78 is 7.02. The van der Waals surface area contributed by atoms with Crippen LogP contribution in [0, 0.1) is 5.41 Å². The van der Waals surface area contributed by atoms with Gasteiger partial charge in [-0.3, -0.25) is 0 Å². The van der Waals surface area contributed by atoms with Crippen LogP contribution in [0.15, 0.2) is 60.7 Å². The van der Waals surface area contributed by atoms with Gasteiger partial charge in [-0.1, -0.05) is 88.4 Å². The van der Waals surface area contributed by atoms with Gasteiger partial charge in [0.2, 0.25) is 0 Å². The van der Waals surface area contributed by atoms with E-state index in [0.29, 0.717) is 5.54 Å². The van der Waals surface area contributed by atoms with E-state index in [1.54, 1.807) is 0 Å². The highest BCUT2D eigenvalue weighted by atomic mass is 28.4. The van der Waals surface area contributed by atoms with Gasteiger partial charge in [0.05, 0.1) is 0 Å². The van der Waals surface area contributed by atoms with E-state index in [2.05, 4.69) is 109 Å². The van der Waals surface area contributed by atoms with Crippen molar-refractivity contribution in [1.29, 1.82) is 0 Å². The van der Waals surface area contributed by atoms with Gasteiger partial charge in [-0.15, -0.1) is 0 Å². The number of benzene rings is 2. The average Bonchev–Trinajstić information content (AvgIpc) is 2.52. The standard InChI is InChI=1S/C22H32OSi/c1-18(21(2,3)4)24(23-22(5,6)7,19-14-10-8-11-15-19)20-16-12-9-13-17-20/h8-18H,1-7H3. The highest BCUT2D eigenvalue weighted by Gasteiger charge is 2.51. The summed E-state index contributed by atoms with van der Waals surface area (Å²) in [6, 6.07) is 21.8. The fraction of sp³-hybridized carbons (Fsp3) is 0.455. The van der Waals surface area contributed by atoms with Gasteiger partial charge in [0.1, 0.15) is 0 Å². The van der Waals surface area contributed by atoms with Gasteiger partial charge in [-0.2, -0.15) is 0 Å². The summed E-state index contributed by atoms with van der Waals surface area (Å²) in [5, 5.41) is 2.71. The van der Waals surface area contributed by atoms with Crippen molar-refractivity contribution in [2.45, 2.75) is 59.6 Å². The molecule has 0 N–H and O–H groups in total. The topological polar surface area (TPSA) is 9.23 Å². The normalized spacial score (nSPS) is 14.5. The molecule has 0 fully saturated rings. The predicted molar refractivity (Wildman–Crippen MR) is 108 cm³/mol. The minimum Gasteiger partial charge on any atom is -0.403 e.